The monoisotopic (exact) mass is 486 g/mol. The molecule has 170 valence electrons. The molecule has 1 aromatic heterocycles. The number of nitrogens with zero attached hydrogens (tertiary/aromatic N) is 2. The summed E-state index contributed by atoms with van der Waals surface area (Å²) in [7, 11) is -5.28. The maximum absolute atomic E-state index is 13.5. The molecule has 1 unspecified atom stereocenters. The number of ether oxygens (including phenoxy) is 1. The van der Waals surface area contributed by atoms with Crippen LogP contribution in [0.4, 0.5) is 30.7 Å². The number of carboxylic acid groups (broad SMARTS) is 1. The van der Waals surface area contributed by atoms with Crippen molar-refractivity contribution in [3.05, 3.63) is 24.1 Å². The van der Waals surface area contributed by atoms with E-state index in [2.05, 4.69) is 4.98 Å². The van der Waals surface area contributed by atoms with Crippen molar-refractivity contribution in [1.29, 1.82) is 0 Å². The van der Waals surface area contributed by atoms with Crippen molar-refractivity contribution in [3.8, 4) is 5.88 Å². The van der Waals surface area contributed by atoms with E-state index in [9.17, 15) is 39.2 Å². The third-order valence-electron chi connectivity index (χ3n) is 3.98. The largest absolute Gasteiger partial charge is 0.511 e. The fourth-order valence-corrected chi connectivity index (χ4v) is 5.44. The lowest BCUT2D eigenvalue weighted by Crippen LogP contribution is -2.62. The Bertz CT molecular complexity index is 885. The van der Waals surface area contributed by atoms with Crippen LogP contribution in [0.3, 0.4) is 0 Å². The Labute approximate surface area is 169 Å². The summed E-state index contributed by atoms with van der Waals surface area (Å²) in [5, 5.41) is 7.12. The highest BCUT2D eigenvalue weighted by Crippen LogP contribution is 2.48. The maximum Gasteiger partial charge on any atom is 0.511 e. The molecule has 2 saturated heterocycles. The summed E-state index contributed by atoms with van der Waals surface area (Å²) in [6.45, 7) is -0.436. The molecule has 2 aliphatic rings. The van der Waals surface area contributed by atoms with E-state index in [1.807, 2.05) is 0 Å². The standard InChI is InChI=1S/C12H12F4N2O3S2.C2HF3O2/c13-9-2-1-3-17-10(9)21-8-4-11(22-5-8)6-18(7-11)23(19,20)12(14,15)16;3-2(4,5)1(6)7/h1-3,8H,4-7H2;(H,6,7). The van der Waals surface area contributed by atoms with Gasteiger partial charge < -0.3 is 9.84 Å². The van der Waals surface area contributed by atoms with Crippen LogP contribution in [0.5, 0.6) is 5.88 Å². The zero-order valence-corrected chi connectivity index (χ0v) is 16.2. The van der Waals surface area contributed by atoms with Crippen molar-refractivity contribution in [2.45, 2.75) is 29.0 Å². The maximum atomic E-state index is 13.5. The predicted molar refractivity (Wildman–Crippen MR) is 88.7 cm³/mol. The molecule has 0 amide bonds. The van der Waals surface area contributed by atoms with Gasteiger partial charge in [0.05, 0.1) is 0 Å². The van der Waals surface area contributed by atoms with Gasteiger partial charge in [0.15, 0.2) is 5.82 Å². The molecule has 2 aliphatic heterocycles. The number of thioether (sulfide) groups is 1. The number of carbonyl (C=O) groups is 1. The molecule has 16 heteroatoms. The second-order valence-corrected chi connectivity index (χ2v) is 9.67. The summed E-state index contributed by atoms with van der Waals surface area (Å²) in [5.74, 6) is -3.09. The molecule has 0 saturated carbocycles. The summed E-state index contributed by atoms with van der Waals surface area (Å²) in [6, 6.07) is 2.61. The summed E-state index contributed by atoms with van der Waals surface area (Å²) in [5.41, 5.74) is -5.29. The Hall–Kier alpha value is -1.81. The number of hydrogen-bond donors (Lipinski definition) is 1. The topological polar surface area (TPSA) is 96.8 Å². The van der Waals surface area contributed by atoms with E-state index in [0.717, 1.165) is 0 Å². The quantitative estimate of drug-likeness (QED) is 0.657. The first kappa shape index (κ1) is 24.5. The molecule has 2 fully saturated rings. The molecular weight excluding hydrogens is 473 g/mol. The van der Waals surface area contributed by atoms with Gasteiger partial charge in [0.1, 0.15) is 6.10 Å². The summed E-state index contributed by atoms with van der Waals surface area (Å²) in [6.07, 6.45) is -3.78. The number of pyridine rings is 1. The van der Waals surface area contributed by atoms with E-state index < -0.39 is 44.3 Å². The number of carboxylic acids is 1. The lowest BCUT2D eigenvalue weighted by molar-refractivity contribution is -0.192. The molecule has 1 spiro atoms. The van der Waals surface area contributed by atoms with Gasteiger partial charge in [0.2, 0.25) is 0 Å². The second-order valence-electron chi connectivity index (χ2n) is 6.25. The number of aromatic nitrogens is 1. The fraction of sp³-hybridized carbons (Fsp3) is 0.571. The van der Waals surface area contributed by atoms with Gasteiger partial charge in [-0.25, -0.2) is 22.6 Å². The van der Waals surface area contributed by atoms with Crippen LogP contribution in [0.2, 0.25) is 0 Å². The molecule has 30 heavy (non-hydrogen) atoms. The highest BCUT2D eigenvalue weighted by molar-refractivity contribution is 8.01. The van der Waals surface area contributed by atoms with E-state index >= 15 is 0 Å². The van der Waals surface area contributed by atoms with Gasteiger partial charge >= 0.3 is 27.7 Å². The zero-order chi connectivity index (χ0) is 23.0. The van der Waals surface area contributed by atoms with E-state index in [4.69, 9.17) is 14.6 Å². The lowest BCUT2D eigenvalue weighted by atomic mass is 9.95. The minimum atomic E-state index is -5.29. The smallest absolute Gasteiger partial charge is 0.475 e. The van der Waals surface area contributed by atoms with Gasteiger partial charge in [0.25, 0.3) is 5.88 Å². The van der Waals surface area contributed by atoms with Gasteiger partial charge in [0, 0.05) is 36.2 Å². The molecule has 7 nitrogen and oxygen atoms in total. The average molecular weight is 486 g/mol. The molecular formula is C14H13F7N2O5S2. The summed E-state index contributed by atoms with van der Waals surface area (Å²) < 4.78 is 110. The summed E-state index contributed by atoms with van der Waals surface area (Å²) in [4.78, 5) is 12.7. The van der Waals surface area contributed by atoms with Crippen molar-refractivity contribution in [3.63, 3.8) is 0 Å². The second kappa shape index (κ2) is 8.37. The van der Waals surface area contributed by atoms with Crippen molar-refractivity contribution in [2.24, 2.45) is 0 Å². The van der Waals surface area contributed by atoms with Gasteiger partial charge in [-0.15, -0.1) is 11.8 Å². The normalized spacial score (nSPS) is 21.5. The van der Waals surface area contributed by atoms with E-state index in [-0.39, 0.29) is 19.0 Å². The molecule has 1 aromatic rings. The Balaban J connectivity index is 0.000000396. The molecule has 3 heterocycles. The minimum absolute atomic E-state index is 0.158. The van der Waals surface area contributed by atoms with Gasteiger partial charge in [-0.05, 0) is 12.1 Å². The third-order valence-corrected chi connectivity index (χ3v) is 7.08. The van der Waals surface area contributed by atoms with E-state index in [1.54, 1.807) is 0 Å². The van der Waals surface area contributed by atoms with Gasteiger partial charge in [-0.2, -0.15) is 30.6 Å². The molecule has 1 atom stereocenters. The van der Waals surface area contributed by atoms with Crippen molar-refractivity contribution in [1.82, 2.24) is 9.29 Å². The molecule has 0 aromatic carbocycles. The van der Waals surface area contributed by atoms with Crippen molar-refractivity contribution < 1.29 is 53.8 Å². The van der Waals surface area contributed by atoms with E-state index in [0.29, 0.717) is 16.5 Å². The number of rotatable bonds is 3. The van der Waals surface area contributed by atoms with Crippen LogP contribution in [0.25, 0.3) is 0 Å². The number of hydrogen-bond acceptors (Lipinski definition) is 6. The highest BCUT2D eigenvalue weighted by atomic mass is 32.2. The van der Waals surface area contributed by atoms with Gasteiger partial charge in [-0.3, -0.25) is 0 Å². The number of sulfonamides is 1. The number of alkyl halides is 6. The van der Waals surface area contributed by atoms with Crippen LogP contribution >= 0.6 is 11.8 Å². The molecule has 0 aliphatic carbocycles. The first-order valence-electron chi connectivity index (χ1n) is 7.85. The number of aliphatic carboxylic acids is 1. The SMILES string of the molecule is O=C(O)C(F)(F)F.O=S(=O)(N1CC2(CC(Oc3ncccc3F)CS2)C1)C(F)(F)F. The van der Waals surface area contributed by atoms with Gasteiger partial charge in [-0.1, -0.05) is 0 Å². The van der Waals surface area contributed by atoms with E-state index in [1.165, 1.54) is 30.1 Å². The van der Waals surface area contributed by atoms with Crippen LogP contribution in [0, 0.1) is 5.82 Å². The Morgan fingerprint density at radius 2 is 1.83 bits per heavy atom. The first-order valence-corrected chi connectivity index (χ1v) is 10.3. The zero-order valence-electron chi connectivity index (χ0n) is 14.6. The van der Waals surface area contributed by atoms with Crippen LogP contribution in [-0.2, 0) is 14.8 Å². The molecule has 0 radical (unpaired) electrons. The molecule has 0 bridgehead atoms. The van der Waals surface area contributed by atoms with Crippen molar-refractivity contribution in [2.75, 3.05) is 18.8 Å². The third kappa shape index (κ3) is 5.46. The number of halogens is 7. The van der Waals surface area contributed by atoms with Crippen LogP contribution in [-0.4, -0.2) is 70.2 Å². The average Bonchev–Trinajstić information content (AvgIpc) is 2.98. The minimum Gasteiger partial charge on any atom is -0.475 e. The Kier molecular flexibility index (Phi) is 6.83. The van der Waals surface area contributed by atoms with Crippen LogP contribution in [0.1, 0.15) is 6.42 Å². The van der Waals surface area contributed by atoms with Crippen LogP contribution < -0.4 is 4.74 Å². The predicted octanol–water partition coefficient (Wildman–Crippen LogP) is 2.64. The Morgan fingerprint density at radius 1 is 1.27 bits per heavy atom. The van der Waals surface area contributed by atoms with Crippen molar-refractivity contribution >= 4 is 27.8 Å². The Morgan fingerprint density at radius 3 is 2.30 bits per heavy atom. The fourth-order valence-electron chi connectivity index (χ4n) is 2.63. The highest BCUT2D eigenvalue weighted by Gasteiger charge is 2.60. The summed E-state index contributed by atoms with van der Waals surface area (Å²) >= 11 is 1.35. The lowest BCUT2D eigenvalue weighted by Gasteiger charge is -2.46. The molecule has 3 rings (SSSR count). The van der Waals surface area contributed by atoms with Crippen LogP contribution in [0.15, 0.2) is 18.3 Å². The first-order chi connectivity index (χ1) is 13.6. The molecule has 1 N–H and O–H groups in total.